The molecule has 1 unspecified atom stereocenters. The van der Waals surface area contributed by atoms with E-state index in [1.54, 1.807) is 12.1 Å². The first-order chi connectivity index (χ1) is 12.7. The maximum absolute atomic E-state index is 13.1. The van der Waals surface area contributed by atoms with Crippen molar-refractivity contribution in [2.45, 2.75) is 32.1 Å². The van der Waals surface area contributed by atoms with Crippen molar-refractivity contribution in [2.75, 3.05) is 26.2 Å². The van der Waals surface area contributed by atoms with Crippen molar-refractivity contribution in [3.8, 4) is 0 Å². The molecule has 0 saturated carbocycles. The van der Waals surface area contributed by atoms with Crippen molar-refractivity contribution in [3.05, 3.63) is 71.5 Å². The Hall–Kier alpha value is -1.71. The number of likely N-dealkylation sites (tertiary alicyclic amines) is 1. The minimum Gasteiger partial charge on any atom is -0.396 e. The molecular weight excluding hydrogens is 325 g/mol. The van der Waals surface area contributed by atoms with E-state index in [-0.39, 0.29) is 12.4 Å². The van der Waals surface area contributed by atoms with Crippen molar-refractivity contribution >= 4 is 0 Å². The summed E-state index contributed by atoms with van der Waals surface area (Å²) in [5.74, 6) is 1.15. The standard InChI is InChI=1S/C23H30FNO/c1-18(20-10-12-23(24)13-11-20)14-25-15-21(22(16-25)17-26)9-5-8-19-6-3-2-4-7-19/h2-4,6-7,10-13,18,21-22,26H,5,8-9,14-17H2,1H3/t18?,21-,22-/m1/s1. The van der Waals surface area contributed by atoms with Crippen LogP contribution in [0.4, 0.5) is 4.39 Å². The highest BCUT2D eigenvalue weighted by atomic mass is 19.1. The van der Waals surface area contributed by atoms with Crippen LogP contribution in [-0.4, -0.2) is 36.2 Å². The number of nitrogens with zero attached hydrogens (tertiary/aromatic N) is 1. The van der Waals surface area contributed by atoms with Crippen LogP contribution < -0.4 is 0 Å². The molecule has 0 bridgehead atoms. The van der Waals surface area contributed by atoms with Gasteiger partial charge in [0.25, 0.3) is 0 Å². The summed E-state index contributed by atoms with van der Waals surface area (Å²) in [6.07, 6.45) is 3.45. The molecule has 0 aromatic heterocycles. The Morgan fingerprint density at radius 3 is 2.42 bits per heavy atom. The van der Waals surface area contributed by atoms with Crippen LogP contribution in [0, 0.1) is 17.7 Å². The lowest BCUT2D eigenvalue weighted by Crippen LogP contribution is -2.26. The normalized spacial score (nSPS) is 21.8. The number of hydrogen-bond donors (Lipinski definition) is 1. The highest BCUT2D eigenvalue weighted by molar-refractivity contribution is 5.20. The zero-order chi connectivity index (χ0) is 18.4. The number of aryl methyl sites for hydroxylation is 1. The first-order valence-electron chi connectivity index (χ1n) is 9.78. The minimum absolute atomic E-state index is 0.180. The Morgan fingerprint density at radius 2 is 1.73 bits per heavy atom. The molecule has 1 saturated heterocycles. The van der Waals surface area contributed by atoms with Crippen molar-refractivity contribution in [3.63, 3.8) is 0 Å². The third kappa shape index (κ3) is 5.15. The molecule has 3 heteroatoms. The van der Waals surface area contributed by atoms with E-state index in [1.165, 1.54) is 24.0 Å². The monoisotopic (exact) mass is 355 g/mol. The van der Waals surface area contributed by atoms with E-state index < -0.39 is 0 Å². The summed E-state index contributed by atoms with van der Waals surface area (Å²) in [7, 11) is 0. The van der Waals surface area contributed by atoms with Crippen LogP contribution in [0.1, 0.15) is 36.8 Å². The lowest BCUT2D eigenvalue weighted by atomic mass is 9.91. The second-order valence-corrected chi connectivity index (χ2v) is 7.75. The zero-order valence-corrected chi connectivity index (χ0v) is 15.7. The van der Waals surface area contributed by atoms with Gasteiger partial charge in [0.05, 0.1) is 0 Å². The average Bonchev–Trinajstić information content (AvgIpc) is 3.04. The molecule has 1 fully saturated rings. The van der Waals surface area contributed by atoms with Crippen LogP contribution in [0.5, 0.6) is 0 Å². The third-order valence-corrected chi connectivity index (χ3v) is 5.74. The molecule has 1 aliphatic rings. The molecule has 3 rings (SSSR count). The molecule has 1 aliphatic heterocycles. The van der Waals surface area contributed by atoms with Gasteiger partial charge in [-0.1, -0.05) is 49.4 Å². The van der Waals surface area contributed by atoms with Gasteiger partial charge in [0, 0.05) is 26.2 Å². The maximum atomic E-state index is 13.1. The predicted octanol–water partition coefficient (Wildman–Crippen LogP) is 4.49. The van der Waals surface area contributed by atoms with Gasteiger partial charge in [-0.3, -0.25) is 0 Å². The summed E-state index contributed by atoms with van der Waals surface area (Å²) in [5.41, 5.74) is 2.58. The SMILES string of the molecule is CC(CN1C[C@@H](CCCc2ccccc2)[C@@H](CO)C1)c1ccc(F)cc1. The molecule has 1 N–H and O–H groups in total. The van der Waals surface area contributed by atoms with Crippen LogP contribution in [0.25, 0.3) is 0 Å². The van der Waals surface area contributed by atoms with E-state index in [1.807, 2.05) is 12.1 Å². The van der Waals surface area contributed by atoms with Gasteiger partial charge in [-0.15, -0.1) is 0 Å². The summed E-state index contributed by atoms with van der Waals surface area (Å²) in [6.45, 7) is 5.47. The van der Waals surface area contributed by atoms with E-state index in [4.69, 9.17) is 0 Å². The first-order valence-corrected chi connectivity index (χ1v) is 9.78. The molecule has 0 spiro atoms. The lowest BCUT2D eigenvalue weighted by Gasteiger charge is -2.21. The van der Waals surface area contributed by atoms with Crippen molar-refractivity contribution < 1.29 is 9.50 Å². The molecule has 26 heavy (non-hydrogen) atoms. The largest absolute Gasteiger partial charge is 0.396 e. The van der Waals surface area contributed by atoms with Crippen molar-refractivity contribution in [2.24, 2.45) is 11.8 Å². The van der Waals surface area contributed by atoms with E-state index in [2.05, 4.69) is 42.2 Å². The number of aliphatic hydroxyl groups is 1. The number of halogens is 1. The minimum atomic E-state index is -0.180. The molecule has 0 radical (unpaired) electrons. The molecule has 0 amide bonds. The van der Waals surface area contributed by atoms with Crippen LogP contribution >= 0.6 is 0 Å². The highest BCUT2D eigenvalue weighted by Crippen LogP contribution is 2.29. The Balaban J connectivity index is 1.49. The van der Waals surface area contributed by atoms with Crippen molar-refractivity contribution in [1.29, 1.82) is 0 Å². The Bertz CT molecular complexity index is 658. The maximum Gasteiger partial charge on any atom is 0.123 e. The van der Waals surface area contributed by atoms with Crippen LogP contribution in [0.3, 0.4) is 0 Å². The predicted molar refractivity (Wildman–Crippen MR) is 105 cm³/mol. The summed E-state index contributed by atoms with van der Waals surface area (Å²) in [6, 6.07) is 17.5. The summed E-state index contributed by atoms with van der Waals surface area (Å²) in [5, 5.41) is 9.78. The summed E-state index contributed by atoms with van der Waals surface area (Å²) >= 11 is 0. The second-order valence-electron chi connectivity index (χ2n) is 7.75. The number of aliphatic hydroxyl groups excluding tert-OH is 1. The van der Waals surface area contributed by atoms with Gasteiger partial charge in [0.15, 0.2) is 0 Å². The van der Waals surface area contributed by atoms with Gasteiger partial charge in [-0.2, -0.15) is 0 Å². The molecule has 140 valence electrons. The Labute approximate surface area is 156 Å². The van der Waals surface area contributed by atoms with Gasteiger partial charge in [-0.05, 0) is 60.3 Å². The van der Waals surface area contributed by atoms with Gasteiger partial charge < -0.3 is 10.0 Å². The second kappa shape index (κ2) is 9.29. The fraction of sp³-hybridized carbons (Fsp3) is 0.478. The number of benzene rings is 2. The quantitative estimate of drug-likeness (QED) is 0.754. The van der Waals surface area contributed by atoms with E-state index in [0.717, 1.165) is 26.1 Å². The Morgan fingerprint density at radius 1 is 1.04 bits per heavy atom. The van der Waals surface area contributed by atoms with Gasteiger partial charge >= 0.3 is 0 Å². The number of rotatable bonds is 8. The first kappa shape index (κ1) is 19.1. The highest BCUT2D eigenvalue weighted by Gasteiger charge is 2.32. The molecule has 2 aromatic rings. The van der Waals surface area contributed by atoms with E-state index in [0.29, 0.717) is 17.8 Å². The molecule has 1 heterocycles. The van der Waals surface area contributed by atoms with Gasteiger partial charge in [0.1, 0.15) is 5.82 Å². The van der Waals surface area contributed by atoms with Crippen LogP contribution in [0.2, 0.25) is 0 Å². The molecule has 3 atom stereocenters. The Kier molecular flexibility index (Phi) is 6.81. The fourth-order valence-electron chi connectivity index (χ4n) is 4.22. The summed E-state index contributed by atoms with van der Waals surface area (Å²) in [4.78, 5) is 2.47. The average molecular weight is 355 g/mol. The van der Waals surface area contributed by atoms with Crippen LogP contribution in [0.15, 0.2) is 54.6 Å². The third-order valence-electron chi connectivity index (χ3n) is 5.74. The molecular formula is C23H30FNO. The molecule has 2 nitrogen and oxygen atoms in total. The topological polar surface area (TPSA) is 23.5 Å². The number of hydrogen-bond acceptors (Lipinski definition) is 2. The van der Waals surface area contributed by atoms with Gasteiger partial charge in [0.2, 0.25) is 0 Å². The lowest BCUT2D eigenvalue weighted by molar-refractivity contribution is 0.195. The zero-order valence-electron chi connectivity index (χ0n) is 15.7. The summed E-state index contributed by atoms with van der Waals surface area (Å²) < 4.78 is 13.1. The van der Waals surface area contributed by atoms with Crippen molar-refractivity contribution in [1.82, 2.24) is 4.90 Å². The molecule has 2 aromatic carbocycles. The van der Waals surface area contributed by atoms with Crippen LogP contribution in [-0.2, 0) is 6.42 Å². The fourth-order valence-corrected chi connectivity index (χ4v) is 4.22. The smallest absolute Gasteiger partial charge is 0.123 e. The van der Waals surface area contributed by atoms with E-state index in [9.17, 15) is 9.50 Å². The van der Waals surface area contributed by atoms with Gasteiger partial charge in [-0.25, -0.2) is 4.39 Å². The molecule has 0 aliphatic carbocycles. The van der Waals surface area contributed by atoms with E-state index >= 15 is 0 Å².